The Labute approximate surface area is 169 Å². The van der Waals surface area contributed by atoms with Crippen LogP contribution in [0.2, 0.25) is 0 Å². The third-order valence-corrected chi connectivity index (χ3v) is 5.23. The summed E-state index contributed by atoms with van der Waals surface area (Å²) in [5, 5.41) is 10.5. The SMILES string of the molecule is Cc1ccc(Cn2cccc(NC(=O)c3ccn(C4CCCNC4)n3)c2=O)cc1. The first-order chi connectivity index (χ1) is 14.1. The first-order valence-electron chi connectivity index (χ1n) is 9.92. The van der Waals surface area contributed by atoms with Gasteiger partial charge < -0.3 is 15.2 Å². The molecule has 7 heteroatoms. The van der Waals surface area contributed by atoms with Gasteiger partial charge in [0.1, 0.15) is 5.69 Å². The minimum atomic E-state index is -0.377. The van der Waals surface area contributed by atoms with Gasteiger partial charge in [-0.1, -0.05) is 29.8 Å². The second-order valence-corrected chi connectivity index (χ2v) is 7.48. The average Bonchev–Trinajstić information content (AvgIpc) is 3.24. The summed E-state index contributed by atoms with van der Waals surface area (Å²) in [5.41, 5.74) is 2.52. The fourth-order valence-corrected chi connectivity index (χ4v) is 3.55. The van der Waals surface area contributed by atoms with Gasteiger partial charge in [-0.15, -0.1) is 0 Å². The minimum absolute atomic E-state index is 0.239. The number of amides is 1. The van der Waals surface area contributed by atoms with Crippen LogP contribution < -0.4 is 16.2 Å². The lowest BCUT2D eigenvalue weighted by Crippen LogP contribution is -2.32. The minimum Gasteiger partial charge on any atom is -0.316 e. The van der Waals surface area contributed by atoms with Gasteiger partial charge in [-0.05, 0) is 50.1 Å². The van der Waals surface area contributed by atoms with E-state index >= 15 is 0 Å². The smallest absolute Gasteiger partial charge is 0.276 e. The van der Waals surface area contributed by atoms with Crippen LogP contribution in [0.3, 0.4) is 0 Å². The van der Waals surface area contributed by atoms with Crippen LogP contribution in [0.15, 0.2) is 59.7 Å². The van der Waals surface area contributed by atoms with Crippen LogP contribution in [-0.2, 0) is 6.54 Å². The molecule has 0 radical (unpaired) electrons. The zero-order chi connectivity index (χ0) is 20.2. The lowest BCUT2D eigenvalue weighted by Gasteiger charge is -2.22. The van der Waals surface area contributed by atoms with Crippen molar-refractivity contribution >= 4 is 11.6 Å². The fourth-order valence-electron chi connectivity index (χ4n) is 3.55. The zero-order valence-corrected chi connectivity index (χ0v) is 16.5. The van der Waals surface area contributed by atoms with Gasteiger partial charge >= 0.3 is 0 Å². The highest BCUT2D eigenvalue weighted by atomic mass is 16.2. The summed E-state index contributed by atoms with van der Waals surface area (Å²) in [6, 6.07) is 13.4. The highest BCUT2D eigenvalue weighted by Crippen LogP contribution is 2.16. The third kappa shape index (κ3) is 4.46. The number of carbonyl (C=O) groups is 1. The van der Waals surface area contributed by atoms with E-state index in [1.807, 2.05) is 42.1 Å². The van der Waals surface area contributed by atoms with Crippen molar-refractivity contribution in [2.45, 2.75) is 32.4 Å². The van der Waals surface area contributed by atoms with E-state index in [-0.39, 0.29) is 23.2 Å². The maximum Gasteiger partial charge on any atom is 0.276 e. The summed E-state index contributed by atoms with van der Waals surface area (Å²) in [6.45, 7) is 4.35. The Bertz CT molecular complexity index is 1050. The van der Waals surface area contributed by atoms with Crippen molar-refractivity contribution in [2.24, 2.45) is 0 Å². The predicted octanol–water partition coefficient (Wildman–Crippen LogP) is 2.58. The number of benzene rings is 1. The maximum atomic E-state index is 12.8. The Morgan fingerprint density at radius 3 is 2.79 bits per heavy atom. The standard InChI is InChI=1S/C22H25N5O2/c1-16-6-8-17(9-7-16)15-26-12-3-5-20(22(26)29)24-21(28)19-10-13-27(25-19)18-4-2-11-23-14-18/h3,5-10,12-13,18,23H,2,4,11,14-15H2,1H3,(H,24,28). The normalized spacial score (nSPS) is 16.5. The van der Waals surface area contributed by atoms with E-state index in [4.69, 9.17) is 0 Å². The van der Waals surface area contributed by atoms with E-state index in [1.54, 1.807) is 29.0 Å². The molecule has 3 aromatic rings. The van der Waals surface area contributed by atoms with Gasteiger partial charge in [0.2, 0.25) is 0 Å². The number of hydrogen-bond acceptors (Lipinski definition) is 4. The highest BCUT2D eigenvalue weighted by molar-refractivity contribution is 6.02. The monoisotopic (exact) mass is 391 g/mol. The molecular formula is C22H25N5O2. The van der Waals surface area contributed by atoms with E-state index < -0.39 is 0 Å². The van der Waals surface area contributed by atoms with Gasteiger partial charge in [-0.2, -0.15) is 5.10 Å². The fraction of sp³-hybridized carbons (Fsp3) is 0.318. The van der Waals surface area contributed by atoms with Crippen molar-refractivity contribution in [3.63, 3.8) is 0 Å². The summed E-state index contributed by atoms with van der Waals surface area (Å²) in [4.78, 5) is 25.4. The number of pyridine rings is 1. The number of aromatic nitrogens is 3. The molecule has 1 amide bonds. The molecule has 2 aromatic heterocycles. The van der Waals surface area contributed by atoms with Crippen molar-refractivity contribution in [3.8, 4) is 0 Å². The lowest BCUT2D eigenvalue weighted by atomic mass is 10.1. The van der Waals surface area contributed by atoms with Crippen molar-refractivity contribution < 1.29 is 4.79 Å². The maximum absolute atomic E-state index is 12.8. The number of rotatable bonds is 5. The van der Waals surface area contributed by atoms with Gasteiger partial charge in [-0.3, -0.25) is 14.3 Å². The Morgan fingerprint density at radius 2 is 2.03 bits per heavy atom. The molecule has 7 nitrogen and oxygen atoms in total. The molecule has 3 heterocycles. The molecule has 2 N–H and O–H groups in total. The van der Waals surface area contributed by atoms with Crippen LogP contribution in [0.25, 0.3) is 0 Å². The van der Waals surface area contributed by atoms with Gasteiger partial charge in [-0.25, -0.2) is 0 Å². The molecule has 0 spiro atoms. The molecule has 0 aliphatic carbocycles. The van der Waals surface area contributed by atoms with Crippen molar-refractivity contribution in [2.75, 3.05) is 18.4 Å². The Balaban J connectivity index is 1.48. The molecule has 4 rings (SSSR count). The van der Waals surface area contributed by atoms with Gasteiger partial charge in [0.05, 0.1) is 12.6 Å². The lowest BCUT2D eigenvalue weighted by molar-refractivity contribution is 0.102. The molecule has 1 unspecified atom stereocenters. The summed E-state index contributed by atoms with van der Waals surface area (Å²) < 4.78 is 3.42. The van der Waals surface area contributed by atoms with Gasteiger partial charge in [0.25, 0.3) is 11.5 Å². The Kier molecular flexibility index (Phi) is 5.57. The first kappa shape index (κ1) is 19.1. The van der Waals surface area contributed by atoms with Crippen LogP contribution in [-0.4, -0.2) is 33.3 Å². The molecule has 150 valence electrons. The van der Waals surface area contributed by atoms with Gasteiger partial charge in [0.15, 0.2) is 5.69 Å². The number of carbonyl (C=O) groups excluding carboxylic acids is 1. The molecule has 1 aliphatic heterocycles. The first-order valence-corrected chi connectivity index (χ1v) is 9.92. The van der Waals surface area contributed by atoms with Crippen molar-refractivity contribution in [1.82, 2.24) is 19.7 Å². The Morgan fingerprint density at radius 1 is 1.21 bits per heavy atom. The summed E-state index contributed by atoms with van der Waals surface area (Å²) in [7, 11) is 0. The summed E-state index contributed by atoms with van der Waals surface area (Å²) in [6.07, 6.45) is 5.69. The molecule has 1 aliphatic rings. The summed E-state index contributed by atoms with van der Waals surface area (Å²) in [5.74, 6) is -0.377. The molecule has 0 bridgehead atoms. The third-order valence-electron chi connectivity index (χ3n) is 5.23. The largest absolute Gasteiger partial charge is 0.316 e. The zero-order valence-electron chi connectivity index (χ0n) is 16.5. The van der Waals surface area contributed by atoms with Crippen LogP contribution >= 0.6 is 0 Å². The molecule has 1 atom stereocenters. The molecule has 0 saturated carbocycles. The number of aryl methyl sites for hydroxylation is 1. The second kappa shape index (κ2) is 8.45. The van der Waals surface area contributed by atoms with Crippen molar-refractivity contribution in [1.29, 1.82) is 0 Å². The van der Waals surface area contributed by atoms with E-state index in [1.165, 1.54) is 5.56 Å². The van der Waals surface area contributed by atoms with Crippen LogP contribution in [0, 0.1) is 6.92 Å². The van der Waals surface area contributed by atoms with Crippen LogP contribution in [0.4, 0.5) is 5.69 Å². The quantitative estimate of drug-likeness (QED) is 0.701. The highest BCUT2D eigenvalue weighted by Gasteiger charge is 2.18. The molecule has 1 fully saturated rings. The molecule has 29 heavy (non-hydrogen) atoms. The summed E-state index contributed by atoms with van der Waals surface area (Å²) >= 11 is 0. The van der Waals surface area contributed by atoms with Crippen LogP contribution in [0.1, 0.15) is 40.5 Å². The molecule has 1 aromatic carbocycles. The molecule has 1 saturated heterocycles. The van der Waals surface area contributed by atoms with E-state index in [0.29, 0.717) is 12.2 Å². The number of anilines is 1. The second-order valence-electron chi connectivity index (χ2n) is 7.48. The van der Waals surface area contributed by atoms with E-state index in [0.717, 1.165) is 31.5 Å². The topological polar surface area (TPSA) is 81.0 Å². The van der Waals surface area contributed by atoms with Gasteiger partial charge in [0, 0.05) is 18.9 Å². The number of nitrogens with zero attached hydrogens (tertiary/aromatic N) is 3. The number of hydrogen-bond donors (Lipinski definition) is 2. The van der Waals surface area contributed by atoms with E-state index in [2.05, 4.69) is 15.7 Å². The van der Waals surface area contributed by atoms with E-state index in [9.17, 15) is 9.59 Å². The Hall–Kier alpha value is -3.19. The molecular weight excluding hydrogens is 366 g/mol. The number of nitrogens with one attached hydrogen (secondary N) is 2. The predicted molar refractivity (Wildman–Crippen MR) is 112 cm³/mol. The average molecular weight is 391 g/mol. The van der Waals surface area contributed by atoms with Crippen molar-refractivity contribution in [3.05, 3.63) is 82.0 Å². The number of piperidine rings is 1. The van der Waals surface area contributed by atoms with Crippen LogP contribution in [0.5, 0.6) is 0 Å².